The molecule has 0 aromatic heterocycles. The van der Waals surface area contributed by atoms with Crippen LogP contribution in [-0.4, -0.2) is 23.9 Å². The third kappa shape index (κ3) is 12.9. The zero-order valence-electron chi connectivity index (χ0n) is 17.9. The normalized spacial score (nSPS) is 16.2. The van der Waals surface area contributed by atoms with E-state index in [9.17, 15) is 14.4 Å². The molecule has 1 atom stereocenters. The number of nitrogens with one attached hydrogen (secondary N) is 1. The van der Waals surface area contributed by atoms with Crippen molar-refractivity contribution in [1.82, 2.24) is 5.32 Å². The van der Waals surface area contributed by atoms with E-state index in [1.807, 2.05) is 0 Å². The molecular weight excluding hydrogens is 354 g/mol. The Labute approximate surface area is 171 Å². The fraction of sp³-hybridized carbons (Fsp3) is 0.870. The quantitative estimate of drug-likeness (QED) is 0.198. The summed E-state index contributed by atoms with van der Waals surface area (Å²) in [6.07, 6.45) is 20.2. The first-order valence-corrected chi connectivity index (χ1v) is 11.7. The average Bonchev–Trinajstić information content (AvgIpc) is 3.11. The van der Waals surface area contributed by atoms with E-state index in [0.29, 0.717) is 12.8 Å². The van der Waals surface area contributed by atoms with Gasteiger partial charge in [0.15, 0.2) is 0 Å². The standard InChI is InChI=1S/C23H41NO4/c1-2-3-4-5-6-7-8-9-10-11-12-13-14-15-16-17-22(26)28-23(27)20-18-19-21(25)24-20/h20H,2-19H2,1H3,(H,24,25). The second-order valence-corrected chi connectivity index (χ2v) is 8.15. The second-order valence-electron chi connectivity index (χ2n) is 8.15. The largest absolute Gasteiger partial charge is 0.392 e. The first kappa shape index (κ1) is 24.6. The molecule has 1 rings (SSSR count). The SMILES string of the molecule is CCCCCCCCCCCCCCCCCC(=O)OC(=O)C1CCC(=O)N1. The Morgan fingerprint density at radius 3 is 1.71 bits per heavy atom. The van der Waals surface area contributed by atoms with Gasteiger partial charge in [0, 0.05) is 12.8 Å². The molecule has 0 aliphatic carbocycles. The molecule has 1 amide bonds. The van der Waals surface area contributed by atoms with Crippen LogP contribution in [0.3, 0.4) is 0 Å². The van der Waals surface area contributed by atoms with Gasteiger partial charge in [-0.25, -0.2) is 4.79 Å². The maximum absolute atomic E-state index is 11.7. The lowest BCUT2D eigenvalue weighted by Gasteiger charge is -2.08. The number of amides is 1. The molecule has 1 N–H and O–H groups in total. The van der Waals surface area contributed by atoms with Crippen LogP contribution < -0.4 is 5.32 Å². The Morgan fingerprint density at radius 1 is 0.821 bits per heavy atom. The lowest BCUT2D eigenvalue weighted by atomic mass is 10.0. The molecule has 1 fully saturated rings. The van der Waals surface area contributed by atoms with Crippen molar-refractivity contribution in [2.75, 3.05) is 0 Å². The monoisotopic (exact) mass is 395 g/mol. The van der Waals surface area contributed by atoms with Crippen LogP contribution in [0.4, 0.5) is 0 Å². The molecule has 162 valence electrons. The van der Waals surface area contributed by atoms with Gasteiger partial charge in [0.25, 0.3) is 0 Å². The molecule has 5 nitrogen and oxygen atoms in total. The number of hydrogen-bond acceptors (Lipinski definition) is 4. The minimum absolute atomic E-state index is 0.156. The van der Waals surface area contributed by atoms with Crippen LogP contribution in [0.5, 0.6) is 0 Å². The summed E-state index contributed by atoms with van der Waals surface area (Å²) < 4.78 is 4.81. The van der Waals surface area contributed by atoms with Crippen molar-refractivity contribution in [3.63, 3.8) is 0 Å². The van der Waals surface area contributed by atoms with Gasteiger partial charge in [-0.15, -0.1) is 0 Å². The first-order chi connectivity index (χ1) is 13.6. The zero-order valence-corrected chi connectivity index (χ0v) is 17.9. The molecule has 0 aromatic carbocycles. The summed E-state index contributed by atoms with van der Waals surface area (Å²) in [5, 5.41) is 2.52. The zero-order chi connectivity index (χ0) is 20.5. The van der Waals surface area contributed by atoms with Crippen LogP contribution in [0, 0.1) is 0 Å². The number of unbranched alkanes of at least 4 members (excludes halogenated alkanes) is 14. The molecule has 0 radical (unpaired) electrons. The fourth-order valence-corrected chi connectivity index (χ4v) is 3.67. The van der Waals surface area contributed by atoms with Crippen LogP contribution in [0.2, 0.25) is 0 Å². The van der Waals surface area contributed by atoms with Crippen molar-refractivity contribution in [2.24, 2.45) is 0 Å². The number of ether oxygens (including phenoxy) is 1. The molecular formula is C23H41NO4. The van der Waals surface area contributed by atoms with E-state index in [1.54, 1.807) is 0 Å². The first-order valence-electron chi connectivity index (χ1n) is 11.7. The van der Waals surface area contributed by atoms with E-state index in [2.05, 4.69) is 12.2 Å². The Morgan fingerprint density at radius 2 is 1.29 bits per heavy atom. The van der Waals surface area contributed by atoms with Gasteiger partial charge in [0.2, 0.25) is 5.91 Å². The lowest BCUT2D eigenvalue weighted by Crippen LogP contribution is -2.35. The van der Waals surface area contributed by atoms with Crippen molar-refractivity contribution in [3.05, 3.63) is 0 Å². The average molecular weight is 396 g/mol. The third-order valence-corrected chi connectivity index (χ3v) is 5.48. The van der Waals surface area contributed by atoms with Crippen LogP contribution in [-0.2, 0) is 19.1 Å². The van der Waals surface area contributed by atoms with Gasteiger partial charge in [-0.05, 0) is 12.8 Å². The Balaban J connectivity index is 1.80. The summed E-state index contributed by atoms with van der Waals surface area (Å²) in [6, 6.07) is -0.641. The Bertz CT molecular complexity index is 450. The number of rotatable bonds is 17. The highest BCUT2D eigenvalue weighted by Gasteiger charge is 2.29. The molecule has 1 saturated heterocycles. The van der Waals surface area contributed by atoms with E-state index in [4.69, 9.17) is 4.74 Å². The van der Waals surface area contributed by atoms with Crippen molar-refractivity contribution < 1.29 is 19.1 Å². The smallest absolute Gasteiger partial charge is 0.336 e. The summed E-state index contributed by atoms with van der Waals surface area (Å²) in [4.78, 5) is 34.4. The molecule has 1 unspecified atom stereocenters. The van der Waals surface area contributed by atoms with Crippen LogP contribution in [0.15, 0.2) is 0 Å². The maximum atomic E-state index is 11.7. The van der Waals surface area contributed by atoms with Crippen molar-refractivity contribution >= 4 is 17.8 Å². The topological polar surface area (TPSA) is 72.5 Å². The molecule has 0 bridgehead atoms. The van der Waals surface area contributed by atoms with Crippen molar-refractivity contribution in [2.45, 2.75) is 129 Å². The summed E-state index contributed by atoms with van der Waals surface area (Å²) in [6.45, 7) is 2.26. The molecule has 5 heteroatoms. The molecule has 0 spiro atoms. The molecule has 0 saturated carbocycles. The van der Waals surface area contributed by atoms with Crippen LogP contribution in [0.25, 0.3) is 0 Å². The van der Waals surface area contributed by atoms with E-state index >= 15 is 0 Å². The molecule has 1 aliphatic rings. The second kappa shape index (κ2) is 16.6. The summed E-state index contributed by atoms with van der Waals surface area (Å²) >= 11 is 0. The third-order valence-electron chi connectivity index (χ3n) is 5.48. The highest BCUT2D eigenvalue weighted by atomic mass is 16.6. The summed E-state index contributed by atoms with van der Waals surface area (Å²) in [7, 11) is 0. The van der Waals surface area contributed by atoms with Gasteiger partial charge in [-0.2, -0.15) is 0 Å². The lowest BCUT2D eigenvalue weighted by molar-refractivity contribution is -0.161. The maximum Gasteiger partial charge on any atom is 0.336 e. The molecule has 1 heterocycles. The van der Waals surface area contributed by atoms with Gasteiger partial charge >= 0.3 is 11.9 Å². The molecule has 0 aromatic rings. The van der Waals surface area contributed by atoms with Gasteiger partial charge in [0.1, 0.15) is 6.04 Å². The number of esters is 2. The minimum Gasteiger partial charge on any atom is -0.392 e. The van der Waals surface area contributed by atoms with E-state index in [-0.39, 0.29) is 12.3 Å². The summed E-state index contributed by atoms with van der Waals surface area (Å²) in [5.41, 5.74) is 0. The summed E-state index contributed by atoms with van der Waals surface area (Å²) in [5.74, 6) is -1.24. The number of hydrogen-bond donors (Lipinski definition) is 1. The van der Waals surface area contributed by atoms with Crippen molar-refractivity contribution in [1.29, 1.82) is 0 Å². The Hall–Kier alpha value is -1.39. The fourth-order valence-electron chi connectivity index (χ4n) is 3.67. The van der Waals surface area contributed by atoms with Crippen LogP contribution in [0.1, 0.15) is 122 Å². The predicted molar refractivity (Wildman–Crippen MR) is 112 cm³/mol. The minimum atomic E-state index is -0.641. The van der Waals surface area contributed by atoms with Gasteiger partial charge in [-0.1, -0.05) is 96.8 Å². The predicted octanol–water partition coefficient (Wildman–Crippen LogP) is 5.60. The molecule has 28 heavy (non-hydrogen) atoms. The van der Waals surface area contributed by atoms with Gasteiger partial charge in [-0.3, -0.25) is 9.59 Å². The Kier molecular flexibility index (Phi) is 14.6. The highest BCUT2D eigenvalue weighted by Crippen LogP contribution is 2.14. The van der Waals surface area contributed by atoms with Crippen molar-refractivity contribution in [3.8, 4) is 0 Å². The number of carbonyl (C=O) groups is 3. The van der Waals surface area contributed by atoms with E-state index in [1.165, 1.54) is 77.0 Å². The highest BCUT2D eigenvalue weighted by molar-refractivity contribution is 5.93. The van der Waals surface area contributed by atoms with Gasteiger partial charge < -0.3 is 10.1 Å². The van der Waals surface area contributed by atoms with Crippen LogP contribution >= 0.6 is 0 Å². The van der Waals surface area contributed by atoms with E-state index < -0.39 is 18.0 Å². The molecule has 1 aliphatic heterocycles. The number of carbonyl (C=O) groups excluding carboxylic acids is 3. The van der Waals surface area contributed by atoms with Gasteiger partial charge in [0.05, 0.1) is 0 Å². The van der Waals surface area contributed by atoms with E-state index in [0.717, 1.165) is 19.3 Å².